The van der Waals surface area contributed by atoms with Gasteiger partial charge in [0, 0.05) is 38.3 Å². The number of carbonyl (C=O) groups is 2. The Labute approximate surface area is 214 Å². The first-order valence-electron chi connectivity index (χ1n) is 13.2. The zero-order chi connectivity index (χ0) is 27.1. The van der Waals surface area contributed by atoms with E-state index in [1.54, 1.807) is 9.80 Å². The van der Waals surface area contributed by atoms with E-state index in [2.05, 4.69) is 0 Å². The van der Waals surface area contributed by atoms with Crippen LogP contribution in [0.4, 0.5) is 18.4 Å². The second-order valence-electron chi connectivity index (χ2n) is 13.5. The molecule has 2 spiro atoms. The molecule has 2 heterocycles. The van der Waals surface area contributed by atoms with Gasteiger partial charge in [-0.05, 0) is 90.9 Å². The van der Waals surface area contributed by atoms with Crippen molar-refractivity contribution in [2.24, 2.45) is 22.3 Å². The number of hydrogen-bond acceptors (Lipinski definition) is 6. The van der Waals surface area contributed by atoms with Gasteiger partial charge in [0.25, 0.3) is 0 Å². The number of likely N-dealkylation sites (tertiary alicyclic amines) is 2. The predicted molar refractivity (Wildman–Crippen MR) is 134 cm³/mol. The molecule has 2 saturated heterocycles. The van der Waals surface area contributed by atoms with Gasteiger partial charge in [0.05, 0.1) is 0 Å². The fourth-order valence-corrected chi connectivity index (χ4v) is 6.05. The van der Waals surface area contributed by atoms with Gasteiger partial charge < -0.3 is 30.7 Å². The van der Waals surface area contributed by atoms with Crippen molar-refractivity contribution < 1.29 is 27.8 Å². The topological polar surface area (TPSA) is 111 Å². The van der Waals surface area contributed by atoms with Gasteiger partial charge in [0.15, 0.2) is 0 Å². The Morgan fingerprint density at radius 3 is 1.31 bits per heavy atom. The van der Waals surface area contributed by atoms with Crippen LogP contribution in [0.3, 0.4) is 0 Å². The summed E-state index contributed by atoms with van der Waals surface area (Å²) in [5.74, 6) is 0. The summed E-state index contributed by atoms with van der Waals surface area (Å²) in [6.45, 7) is 13.5. The van der Waals surface area contributed by atoms with Gasteiger partial charge in [0.1, 0.15) is 23.5 Å². The number of rotatable bonds is 0. The van der Waals surface area contributed by atoms with Crippen molar-refractivity contribution in [3.8, 4) is 0 Å². The Bertz CT molecular complexity index is 727. The second-order valence-corrected chi connectivity index (χ2v) is 13.5. The molecule has 4 fully saturated rings. The Kier molecular flexibility index (Phi) is 8.21. The average Bonchev–Trinajstić information content (AvgIpc) is 3.43. The van der Waals surface area contributed by atoms with Crippen LogP contribution in [0.15, 0.2) is 0 Å². The van der Waals surface area contributed by atoms with Gasteiger partial charge in [-0.25, -0.2) is 18.4 Å². The van der Waals surface area contributed by atoms with Crippen molar-refractivity contribution >= 4 is 12.2 Å². The first-order valence-corrected chi connectivity index (χ1v) is 13.2. The van der Waals surface area contributed by atoms with E-state index in [-0.39, 0.29) is 35.1 Å². The molecule has 2 unspecified atom stereocenters. The molecular weight excluding hydrogens is 470 g/mol. The van der Waals surface area contributed by atoms with Crippen LogP contribution >= 0.6 is 0 Å². The quantitative estimate of drug-likeness (QED) is 0.501. The van der Waals surface area contributed by atoms with Crippen molar-refractivity contribution in [3.63, 3.8) is 0 Å². The molecule has 2 aliphatic carbocycles. The summed E-state index contributed by atoms with van der Waals surface area (Å²) < 4.78 is 37.8. The molecule has 208 valence electrons. The van der Waals surface area contributed by atoms with Crippen LogP contribution in [0.5, 0.6) is 0 Å². The Balaban J connectivity index is 0.000000201. The number of nitrogens with two attached hydrogens (primary N) is 2. The first-order chi connectivity index (χ1) is 16.4. The first kappa shape index (κ1) is 28.9. The molecule has 0 aromatic rings. The molecule has 4 rings (SSSR count). The zero-order valence-electron chi connectivity index (χ0n) is 22.8. The molecule has 0 radical (unpaired) electrons. The summed E-state index contributed by atoms with van der Waals surface area (Å²) in [5, 5.41) is 0. The van der Waals surface area contributed by atoms with Gasteiger partial charge in [-0.15, -0.1) is 0 Å². The summed E-state index contributed by atoms with van der Waals surface area (Å²) in [5.41, 5.74) is 10.3. The predicted octanol–water partition coefficient (Wildman–Crippen LogP) is 4.15. The number of alkyl halides is 2. The normalized spacial score (nSPS) is 36.4. The van der Waals surface area contributed by atoms with E-state index < -0.39 is 23.5 Å². The molecule has 36 heavy (non-hydrogen) atoms. The number of hydrogen-bond donors (Lipinski definition) is 2. The molecule has 0 bridgehead atoms. The average molecular weight is 517 g/mol. The van der Waals surface area contributed by atoms with Crippen molar-refractivity contribution in [3.05, 3.63) is 0 Å². The highest BCUT2D eigenvalue weighted by Gasteiger charge is 2.50. The molecule has 2 aliphatic heterocycles. The highest BCUT2D eigenvalue weighted by atomic mass is 19.1. The van der Waals surface area contributed by atoms with Gasteiger partial charge in [-0.2, -0.15) is 0 Å². The van der Waals surface area contributed by atoms with E-state index >= 15 is 0 Å². The molecule has 8 nitrogen and oxygen atoms in total. The highest BCUT2D eigenvalue weighted by molar-refractivity contribution is 5.69. The van der Waals surface area contributed by atoms with Crippen LogP contribution in [0.1, 0.15) is 80.1 Å². The minimum atomic E-state index is -0.927. The third-order valence-electron chi connectivity index (χ3n) is 7.70. The minimum absolute atomic E-state index is 0.115. The minimum Gasteiger partial charge on any atom is -0.444 e. The maximum absolute atomic E-state index is 13.6. The number of amides is 2. The van der Waals surface area contributed by atoms with Crippen molar-refractivity contribution in [2.75, 3.05) is 26.2 Å². The molecular formula is C26H46F2N4O4. The highest BCUT2D eigenvalue weighted by Crippen LogP contribution is 2.47. The van der Waals surface area contributed by atoms with Crippen molar-refractivity contribution in [2.45, 2.75) is 116 Å². The van der Waals surface area contributed by atoms with Crippen LogP contribution in [-0.4, -0.2) is 83.8 Å². The van der Waals surface area contributed by atoms with Crippen LogP contribution in [-0.2, 0) is 9.47 Å². The Morgan fingerprint density at radius 1 is 0.722 bits per heavy atom. The maximum Gasteiger partial charge on any atom is 0.410 e. The van der Waals surface area contributed by atoms with Gasteiger partial charge >= 0.3 is 12.2 Å². The van der Waals surface area contributed by atoms with E-state index in [9.17, 15) is 18.4 Å². The number of nitrogens with zero attached hydrogens (tertiary/aromatic N) is 2. The van der Waals surface area contributed by atoms with Crippen LogP contribution in [0.2, 0.25) is 0 Å². The van der Waals surface area contributed by atoms with Crippen LogP contribution < -0.4 is 11.5 Å². The van der Waals surface area contributed by atoms with Crippen LogP contribution in [0.25, 0.3) is 0 Å². The van der Waals surface area contributed by atoms with Crippen molar-refractivity contribution in [1.29, 1.82) is 0 Å². The maximum atomic E-state index is 13.6. The van der Waals surface area contributed by atoms with E-state index in [4.69, 9.17) is 20.9 Å². The third kappa shape index (κ3) is 7.21. The third-order valence-corrected chi connectivity index (χ3v) is 7.70. The number of halogens is 2. The molecule has 10 heteroatoms. The Morgan fingerprint density at radius 2 is 1.06 bits per heavy atom. The van der Waals surface area contributed by atoms with E-state index in [0.29, 0.717) is 51.9 Å². The lowest BCUT2D eigenvalue weighted by Gasteiger charge is -2.26. The van der Waals surface area contributed by atoms with E-state index in [1.807, 2.05) is 41.5 Å². The van der Waals surface area contributed by atoms with E-state index in [1.165, 1.54) is 0 Å². The Hall–Kier alpha value is -1.68. The smallest absolute Gasteiger partial charge is 0.410 e. The SMILES string of the molecule is CC(C)(C)OC(=O)N1CCC2(C[C@@H](N)[C@H](F)C2)C1.CC(C)(C)OC(=O)N1CCC2(C[C@H](N)[C@@H](F)C2)C1. The second kappa shape index (κ2) is 10.2. The summed E-state index contributed by atoms with van der Waals surface area (Å²) in [6.07, 6.45) is 1.53. The van der Waals surface area contributed by atoms with Gasteiger partial charge in [-0.1, -0.05) is 0 Å². The van der Waals surface area contributed by atoms with Gasteiger partial charge in [0.2, 0.25) is 0 Å². The lowest BCUT2D eigenvalue weighted by Crippen LogP contribution is -2.36. The van der Waals surface area contributed by atoms with Gasteiger partial charge in [-0.3, -0.25) is 0 Å². The summed E-state index contributed by atoms with van der Waals surface area (Å²) >= 11 is 0. The lowest BCUT2D eigenvalue weighted by molar-refractivity contribution is 0.0262. The largest absolute Gasteiger partial charge is 0.444 e. The van der Waals surface area contributed by atoms with Crippen LogP contribution in [0, 0.1) is 10.8 Å². The standard InChI is InChI=1S/2C13H23FN2O2/c2*1-12(2,3)18-11(17)16-5-4-13(8-16)6-9(14)10(15)7-13/h2*9-10H,4-8,15H2,1-3H3/t2*9-,10-,13?/m10/s1. The zero-order valence-corrected chi connectivity index (χ0v) is 22.8. The number of carbonyl (C=O) groups excluding carboxylic acids is 2. The van der Waals surface area contributed by atoms with E-state index in [0.717, 1.165) is 12.8 Å². The molecule has 0 aromatic carbocycles. The fraction of sp³-hybridized carbons (Fsp3) is 0.923. The molecule has 6 atom stereocenters. The number of ether oxygens (including phenoxy) is 2. The monoisotopic (exact) mass is 516 g/mol. The molecule has 4 N–H and O–H groups in total. The van der Waals surface area contributed by atoms with Crippen molar-refractivity contribution in [1.82, 2.24) is 9.80 Å². The lowest BCUT2D eigenvalue weighted by atomic mass is 9.85. The molecule has 0 aromatic heterocycles. The fourth-order valence-electron chi connectivity index (χ4n) is 6.05. The summed E-state index contributed by atoms with van der Waals surface area (Å²) in [4.78, 5) is 27.3. The molecule has 2 amide bonds. The molecule has 4 aliphatic rings. The summed E-state index contributed by atoms with van der Waals surface area (Å²) in [7, 11) is 0. The molecule has 2 saturated carbocycles. The summed E-state index contributed by atoms with van der Waals surface area (Å²) in [6, 6.07) is -0.743.